The lowest BCUT2D eigenvalue weighted by atomic mass is 10.2. The molecule has 0 radical (unpaired) electrons. The second kappa shape index (κ2) is 3.34. The van der Waals surface area contributed by atoms with E-state index < -0.39 is 0 Å². The lowest BCUT2D eigenvalue weighted by molar-refractivity contribution is 0.807. The van der Waals surface area contributed by atoms with Gasteiger partial charge in [-0.2, -0.15) is 0 Å². The molecule has 2 aromatic rings. The Hall–Kier alpha value is -1.91. The van der Waals surface area contributed by atoms with E-state index in [1.165, 1.54) is 0 Å². The Morgan fingerprint density at radius 1 is 1.20 bits per heavy atom. The van der Waals surface area contributed by atoms with Gasteiger partial charge in [-0.05, 0) is 6.42 Å². The van der Waals surface area contributed by atoms with Gasteiger partial charge in [0.25, 0.3) is 0 Å². The van der Waals surface area contributed by atoms with Crippen LogP contribution in [0.5, 0.6) is 0 Å². The smallest absolute Gasteiger partial charge is 0.182 e. The van der Waals surface area contributed by atoms with Crippen LogP contribution < -0.4 is 4.90 Å². The molecular weight excluding hydrogens is 190 g/mol. The van der Waals surface area contributed by atoms with Crippen molar-refractivity contribution in [3.63, 3.8) is 0 Å². The number of aromatic nitrogens is 4. The summed E-state index contributed by atoms with van der Waals surface area (Å²) in [5, 5.41) is 0. The van der Waals surface area contributed by atoms with Gasteiger partial charge in [-0.1, -0.05) is 12.2 Å². The number of fused-ring (bicyclic) bond motifs is 1. The lowest BCUT2D eigenvalue weighted by Crippen LogP contribution is -2.27. The summed E-state index contributed by atoms with van der Waals surface area (Å²) in [6.07, 6.45) is 8.65. The maximum Gasteiger partial charge on any atom is 0.182 e. The minimum absolute atomic E-state index is 0.731. The lowest BCUT2D eigenvalue weighted by Gasteiger charge is -2.24. The van der Waals surface area contributed by atoms with Crippen molar-refractivity contribution in [2.45, 2.75) is 6.42 Å². The van der Waals surface area contributed by atoms with E-state index in [0.29, 0.717) is 0 Å². The maximum absolute atomic E-state index is 4.31. The van der Waals surface area contributed by atoms with Crippen LogP contribution in [0.4, 0.5) is 5.82 Å². The number of nitrogens with one attached hydrogen (secondary N) is 1. The number of hydrogen-bond acceptors (Lipinski definition) is 4. The molecule has 1 aliphatic heterocycles. The maximum atomic E-state index is 4.31. The fraction of sp³-hybridized carbons (Fsp3) is 0.300. The minimum atomic E-state index is 0.731. The number of aromatic amines is 1. The number of hydrogen-bond donors (Lipinski definition) is 1. The van der Waals surface area contributed by atoms with Crippen LogP contribution >= 0.6 is 0 Å². The Kier molecular flexibility index (Phi) is 1.87. The first-order valence-electron chi connectivity index (χ1n) is 4.99. The Balaban J connectivity index is 2.09. The molecule has 0 amide bonds. The molecule has 0 saturated carbocycles. The topological polar surface area (TPSA) is 57.7 Å². The molecule has 0 unspecified atom stereocenters. The number of anilines is 1. The van der Waals surface area contributed by atoms with Crippen LogP contribution in [0.1, 0.15) is 6.42 Å². The van der Waals surface area contributed by atoms with E-state index in [1.54, 1.807) is 12.7 Å². The molecule has 0 spiro atoms. The molecule has 5 nitrogen and oxygen atoms in total. The zero-order valence-electron chi connectivity index (χ0n) is 8.22. The van der Waals surface area contributed by atoms with Crippen LogP contribution in [-0.2, 0) is 0 Å². The van der Waals surface area contributed by atoms with Crippen LogP contribution in [0.2, 0.25) is 0 Å². The average Bonchev–Trinajstić information content (AvgIpc) is 2.78. The number of H-pyrrole nitrogens is 1. The summed E-state index contributed by atoms with van der Waals surface area (Å²) >= 11 is 0. The first-order chi connectivity index (χ1) is 7.45. The van der Waals surface area contributed by atoms with Crippen molar-refractivity contribution >= 4 is 17.0 Å². The average molecular weight is 201 g/mol. The van der Waals surface area contributed by atoms with E-state index in [4.69, 9.17) is 0 Å². The van der Waals surface area contributed by atoms with Gasteiger partial charge >= 0.3 is 0 Å². The second-order valence-corrected chi connectivity index (χ2v) is 3.50. The van der Waals surface area contributed by atoms with Gasteiger partial charge in [0, 0.05) is 13.1 Å². The molecule has 0 aliphatic carbocycles. The molecule has 1 aliphatic rings. The largest absolute Gasteiger partial charge is 0.351 e. The predicted molar refractivity (Wildman–Crippen MR) is 57.7 cm³/mol. The van der Waals surface area contributed by atoms with Crippen LogP contribution in [0.3, 0.4) is 0 Å². The van der Waals surface area contributed by atoms with E-state index in [0.717, 1.165) is 36.5 Å². The van der Waals surface area contributed by atoms with Gasteiger partial charge in [0.1, 0.15) is 11.8 Å². The monoisotopic (exact) mass is 201 g/mol. The van der Waals surface area contributed by atoms with Crippen molar-refractivity contribution < 1.29 is 0 Å². The van der Waals surface area contributed by atoms with E-state index >= 15 is 0 Å². The Morgan fingerprint density at radius 2 is 2.20 bits per heavy atom. The summed E-state index contributed by atoms with van der Waals surface area (Å²) in [4.78, 5) is 17.8. The van der Waals surface area contributed by atoms with E-state index in [9.17, 15) is 0 Å². The highest BCUT2D eigenvalue weighted by molar-refractivity contribution is 5.82. The van der Waals surface area contributed by atoms with Gasteiger partial charge in [0.15, 0.2) is 11.5 Å². The van der Waals surface area contributed by atoms with E-state index in [1.807, 2.05) is 0 Å². The molecular formula is C10H11N5. The first-order valence-corrected chi connectivity index (χ1v) is 4.99. The first kappa shape index (κ1) is 8.40. The fourth-order valence-electron chi connectivity index (χ4n) is 1.83. The predicted octanol–water partition coefficient (Wildman–Crippen LogP) is 1.12. The van der Waals surface area contributed by atoms with Crippen molar-refractivity contribution in [1.29, 1.82) is 0 Å². The summed E-state index contributed by atoms with van der Waals surface area (Å²) in [5.41, 5.74) is 1.65. The van der Waals surface area contributed by atoms with Crippen LogP contribution in [0, 0.1) is 0 Å². The zero-order chi connectivity index (χ0) is 10.1. The molecule has 3 heterocycles. The van der Waals surface area contributed by atoms with Crippen LogP contribution in [0.25, 0.3) is 11.2 Å². The van der Waals surface area contributed by atoms with Gasteiger partial charge in [0.05, 0.1) is 6.33 Å². The third-order valence-corrected chi connectivity index (χ3v) is 2.56. The van der Waals surface area contributed by atoms with Gasteiger partial charge in [-0.3, -0.25) is 0 Å². The summed E-state index contributed by atoms with van der Waals surface area (Å²) in [6, 6.07) is 0. The van der Waals surface area contributed by atoms with Gasteiger partial charge in [-0.25, -0.2) is 15.0 Å². The summed E-state index contributed by atoms with van der Waals surface area (Å²) in [5.74, 6) is 0.946. The SMILES string of the molecule is C1=CCN(c2ncnc3nc[nH]c23)CC1. The summed E-state index contributed by atoms with van der Waals surface area (Å²) in [7, 11) is 0. The molecule has 0 fully saturated rings. The van der Waals surface area contributed by atoms with E-state index in [2.05, 4.69) is 37.0 Å². The third kappa shape index (κ3) is 1.36. The second-order valence-electron chi connectivity index (χ2n) is 3.50. The van der Waals surface area contributed by atoms with Gasteiger partial charge in [0.2, 0.25) is 0 Å². The summed E-state index contributed by atoms with van der Waals surface area (Å²) in [6.45, 7) is 1.91. The molecule has 2 aromatic heterocycles. The standard InChI is InChI=1S/C10H11N5/c1-2-4-15(5-3-1)10-8-9(12-6-11-8)13-7-14-10/h1-2,6-7H,3-5H2,(H,11,12,13,14). The van der Waals surface area contributed by atoms with Crippen molar-refractivity contribution in [2.75, 3.05) is 18.0 Å². The highest BCUT2D eigenvalue weighted by Gasteiger charge is 2.13. The Labute approximate surface area is 86.9 Å². The molecule has 0 atom stereocenters. The molecule has 5 heteroatoms. The van der Waals surface area contributed by atoms with Crippen molar-refractivity contribution in [1.82, 2.24) is 19.9 Å². The van der Waals surface area contributed by atoms with E-state index in [-0.39, 0.29) is 0 Å². The minimum Gasteiger partial charge on any atom is -0.351 e. The van der Waals surface area contributed by atoms with Gasteiger partial charge < -0.3 is 9.88 Å². The van der Waals surface area contributed by atoms with Crippen molar-refractivity contribution in [2.24, 2.45) is 0 Å². The molecule has 3 rings (SSSR count). The molecule has 0 bridgehead atoms. The number of nitrogens with zero attached hydrogens (tertiary/aromatic N) is 4. The zero-order valence-corrected chi connectivity index (χ0v) is 8.22. The normalized spacial score (nSPS) is 16.1. The fourth-order valence-corrected chi connectivity index (χ4v) is 1.83. The number of rotatable bonds is 1. The van der Waals surface area contributed by atoms with Gasteiger partial charge in [-0.15, -0.1) is 0 Å². The molecule has 15 heavy (non-hydrogen) atoms. The van der Waals surface area contributed by atoms with Crippen LogP contribution in [-0.4, -0.2) is 33.0 Å². The molecule has 0 saturated heterocycles. The third-order valence-electron chi connectivity index (χ3n) is 2.56. The van der Waals surface area contributed by atoms with Crippen LogP contribution in [0.15, 0.2) is 24.8 Å². The highest BCUT2D eigenvalue weighted by atomic mass is 15.2. The molecule has 0 aromatic carbocycles. The quantitative estimate of drug-likeness (QED) is 0.702. The molecule has 76 valence electrons. The highest BCUT2D eigenvalue weighted by Crippen LogP contribution is 2.20. The Bertz CT molecular complexity index is 501. The Morgan fingerprint density at radius 3 is 3.07 bits per heavy atom. The summed E-state index contributed by atoms with van der Waals surface area (Å²) < 4.78 is 0. The van der Waals surface area contributed by atoms with Crippen molar-refractivity contribution in [3.8, 4) is 0 Å². The number of imidazole rings is 1. The molecule has 1 N–H and O–H groups in total. The van der Waals surface area contributed by atoms with Crippen molar-refractivity contribution in [3.05, 3.63) is 24.8 Å².